The Morgan fingerprint density at radius 1 is 0.651 bits per heavy atom. The zero-order chi connectivity index (χ0) is 33.1. The molecule has 0 heterocycles. The summed E-state index contributed by atoms with van der Waals surface area (Å²) in [7, 11) is 0. The molecule has 0 aromatic rings. The number of aliphatic carboxylic acids is 1. The molecule has 0 aliphatic rings. The summed E-state index contributed by atoms with van der Waals surface area (Å²) in [5.41, 5.74) is -1.52. The molecule has 0 saturated carbocycles. The van der Waals surface area contributed by atoms with Gasteiger partial charge in [0.2, 0.25) is 0 Å². The zero-order valence-corrected chi connectivity index (χ0v) is 26.1. The second-order valence-electron chi connectivity index (χ2n) is 11.8. The number of carboxylic acids is 1. The topological polar surface area (TPSA) is 239 Å². The molecule has 0 aromatic heterocycles. The number of aliphatic hydroxyl groups excluding tert-OH is 8. The Kier molecular flexibility index (Phi) is 21.9. The largest absolute Gasteiger partial charge is 0.481 e. The summed E-state index contributed by atoms with van der Waals surface area (Å²) < 4.78 is 22.2. The average molecular weight is 632 g/mol. The van der Waals surface area contributed by atoms with Gasteiger partial charge >= 0.3 is 5.97 Å². The fraction of sp³-hybridized carbons (Fsp3) is 0.964. The summed E-state index contributed by atoms with van der Waals surface area (Å²) in [6.45, 7) is 7.84. The second-order valence-corrected chi connectivity index (χ2v) is 11.8. The van der Waals surface area contributed by atoms with E-state index in [1.165, 1.54) is 4.90 Å². The lowest BCUT2D eigenvalue weighted by molar-refractivity contribution is -0.152. The van der Waals surface area contributed by atoms with Crippen molar-refractivity contribution >= 4 is 5.97 Å². The Morgan fingerprint density at radius 2 is 1.05 bits per heavy atom. The van der Waals surface area contributed by atoms with E-state index in [-0.39, 0.29) is 65.5 Å². The minimum absolute atomic E-state index is 0.135. The van der Waals surface area contributed by atoms with Crippen LogP contribution in [0.5, 0.6) is 0 Å². The van der Waals surface area contributed by atoms with Crippen LogP contribution in [0, 0.1) is 5.41 Å². The maximum Gasteiger partial charge on any atom is 0.309 e. The predicted molar refractivity (Wildman–Crippen MR) is 154 cm³/mol. The van der Waals surface area contributed by atoms with Crippen LogP contribution in [0.25, 0.3) is 0 Å². The van der Waals surface area contributed by atoms with Gasteiger partial charge in [-0.05, 0) is 47.0 Å². The number of carboxylic acid groups (broad SMARTS) is 1. The molecule has 6 unspecified atom stereocenters. The molecule has 0 rings (SSSR count). The van der Waals surface area contributed by atoms with Gasteiger partial charge in [-0.1, -0.05) is 0 Å². The number of ether oxygens (including phenoxy) is 4. The van der Waals surface area contributed by atoms with Gasteiger partial charge in [0.25, 0.3) is 0 Å². The first-order valence-corrected chi connectivity index (χ1v) is 14.7. The van der Waals surface area contributed by atoms with E-state index in [2.05, 4.69) is 0 Å². The van der Waals surface area contributed by atoms with Crippen LogP contribution in [0.1, 0.15) is 47.0 Å². The maximum absolute atomic E-state index is 11.3. The molecule has 0 radical (unpaired) electrons. The van der Waals surface area contributed by atoms with Crippen molar-refractivity contribution in [2.75, 3.05) is 79.1 Å². The molecule has 258 valence electrons. The highest BCUT2D eigenvalue weighted by atomic mass is 16.6. The van der Waals surface area contributed by atoms with Crippen LogP contribution in [-0.2, 0) is 23.7 Å². The van der Waals surface area contributed by atoms with Crippen LogP contribution >= 0.6 is 0 Å². The van der Waals surface area contributed by atoms with Crippen LogP contribution in [0.3, 0.4) is 0 Å². The Morgan fingerprint density at radius 3 is 1.44 bits per heavy atom. The summed E-state index contributed by atoms with van der Waals surface area (Å²) in [5.74, 6) is -0.881. The lowest BCUT2D eigenvalue weighted by atomic mass is 9.82. The normalized spacial score (nSPS) is 17.0. The fourth-order valence-corrected chi connectivity index (χ4v) is 4.42. The Labute approximate surface area is 254 Å². The molecule has 0 bridgehead atoms. The predicted octanol–water partition coefficient (Wildman–Crippen LogP) is -2.44. The van der Waals surface area contributed by atoms with E-state index in [9.17, 15) is 40.5 Å². The third-order valence-corrected chi connectivity index (χ3v) is 6.78. The van der Waals surface area contributed by atoms with E-state index in [4.69, 9.17) is 29.2 Å². The van der Waals surface area contributed by atoms with Gasteiger partial charge in [-0.3, -0.25) is 9.69 Å². The Balaban J connectivity index is 4.40. The summed E-state index contributed by atoms with van der Waals surface area (Å²) in [6.07, 6.45) is -8.66. The minimum Gasteiger partial charge on any atom is -0.481 e. The first-order valence-electron chi connectivity index (χ1n) is 14.7. The first-order chi connectivity index (χ1) is 20.1. The summed E-state index contributed by atoms with van der Waals surface area (Å²) in [6, 6.07) is 0. The molecule has 0 amide bonds. The van der Waals surface area contributed by atoms with Gasteiger partial charge < -0.3 is 64.9 Å². The van der Waals surface area contributed by atoms with E-state index >= 15 is 0 Å². The van der Waals surface area contributed by atoms with Gasteiger partial charge in [-0.25, -0.2) is 0 Å². The molecule has 9 N–H and O–H groups in total. The Bertz CT molecular complexity index is 687. The van der Waals surface area contributed by atoms with Crippen LogP contribution < -0.4 is 0 Å². The van der Waals surface area contributed by atoms with Crippen LogP contribution in [0.4, 0.5) is 0 Å². The lowest BCUT2D eigenvalue weighted by Crippen LogP contribution is -2.50. The lowest BCUT2D eigenvalue weighted by Gasteiger charge is -2.32. The molecule has 43 heavy (non-hydrogen) atoms. The van der Waals surface area contributed by atoms with Gasteiger partial charge in [-0.2, -0.15) is 0 Å². The molecular formula is C28H57NO14. The average Bonchev–Trinajstić information content (AvgIpc) is 2.91. The highest BCUT2D eigenvalue weighted by molar-refractivity contribution is 5.73. The van der Waals surface area contributed by atoms with Crippen molar-refractivity contribution in [2.45, 2.75) is 89.2 Å². The molecule has 0 fully saturated rings. The van der Waals surface area contributed by atoms with Crippen LogP contribution in [-0.4, -0.2) is 178 Å². The van der Waals surface area contributed by atoms with Crippen molar-refractivity contribution in [3.63, 3.8) is 0 Å². The second kappa shape index (κ2) is 22.5. The summed E-state index contributed by atoms with van der Waals surface area (Å²) in [5, 5.41) is 87.8. The van der Waals surface area contributed by atoms with Gasteiger partial charge in [0.15, 0.2) is 0 Å². The Hall–Kier alpha value is -1.05. The first kappa shape index (κ1) is 42.0. The molecule has 15 heteroatoms. The maximum atomic E-state index is 11.3. The highest BCUT2D eigenvalue weighted by Crippen LogP contribution is 2.30. The number of carbonyl (C=O) groups is 1. The SMILES string of the molecule is CC(C)(CC(C)(C)C(=O)O)OCCOCCOCCOCCN(CC(O)C(O)C(O)CCO)CC(O)C(O)C(O)CCO. The van der Waals surface area contributed by atoms with Crippen molar-refractivity contribution in [3.8, 4) is 0 Å². The molecule has 0 aliphatic carbocycles. The quantitative estimate of drug-likeness (QED) is 0.0408. The number of hydrogen-bond acceptors (Lipinski definition) is 14. The molecular weight excluding hydrogens is 574 g/mol. The van der Waals surface area contributed by atoms with Crippen molar-refractivity contribution in [3.05, 3.63) is 0 Å². The molecule has 0 aliphatic heterocycles. The van der Waals surface area contributed by atoms with Gasteiger partial charge in [-0.15, -0.1) is 0 Å². The smallest absolute Gasteiger partial charge is 0.309 e. The van der Waals surface area contributed by atoms with E-state index in [0.29, 0.717) is 32.8 Å². The van der Waals surface area contributed by atoms with Crippen LogP contribution in [0.2, 0.25) is 0 Å². The van der Waals surface area contributed by atoms with E-state index in [1.807, 2.05) is 13.8 Å². The van der Waals surface area contributed by atoms with Gasteiger partial charge in [0, 0.05) is 32.8 Å². The third kappa shape index (κ3) is 19.2. The van der Waals surface area contributed by atoms with Crippen molar-refractivity contribution < 1.29 is 69.7 Å². The van der Waals surface area contributed by atoms with Crippen molar-refractivity contribution in [1.82, 2.24) is 4.90 Å². The van der Waals surface area contributed by atoms with Crippen LogP contribution in [0.15, 0.2) is 0 Å². The standard InChI is InChI=1S/C28H57NO14/c1-27(2,26(38)39)19-28(3,4)43-16-15-42-14-13-41-12-11-40-10-7-29(17-22(34)24(36)20(32)5-8-30)18-23(35)25(37)21(33)6-9-31/h20-25,30-37H,5-19H2,1-4H3,(H,38,39). The van der Waals surface area contributed by atoms with E-state index in [0.717, 1.165) is 0 Å². The monoisotopic (exact) mass is 631 g/mol. The van der Waals surface area contributed by atoms with Gasteiger partial charge in [0.05, 0.1) is 81.7 Å². The highest BCUT2D eigenvalue weighted by Gasteiger charge is 2.35. The number of rotatable bonds is 28. The summed E-state index contributed by atoms with van der Waals surface area (Å²) >= 11 is 0. The molecule has 15 nitrogen and oxygen atoms in total. The van der Waals surface area contributed by atoms with Crippen molar-refractivity contribution in [1.29, 1.82) is 0 Å². The number of aliphatic hydroxyl groups is 8. The molecule has 0 saturated heterocycles. The van der Waals surface area contributed by atoms with E-state index < -0.39 is 53.6 Å². The van der Waals surface area contributed by atoms with Crippen molar-refractivity contribution in [2.24, 2.45) is 5.41 Å². The van der Waals surface area contributed by atoms with Gasteiger partial charge in [0.1, 0.15) is 12.2 Å². The van der Waals surface area contributed by atoms with E-state index in [1.54, 1.807) is 13.8 Å². The number of nitrogens with zero attached hydrogens (tertiary/aromatic N) is 1. The molecule has 0 aromatic carbocycles. The molecule has 6 atom stereocenters. The molecule has 0 spiro atoms. The fourth-order valence-electron chi connectivity index (χ4n) is 4.42. The summed E-state index contributed by atoms with van der Waals surface area (Å²) in [4.78, 5) is 12.8. The zero-order valence-electron chi connectivity index (χ0n) is 26.1. The minimum atomic E-state index is -1.56. The third-order valence-electron chi connectivity index (χ3n) is 6.78. The number of hydrogen-bond donors (Lipinski definition) is 9.